The number of hydrogen-bond acceptors (Lipinski definition) is 2. The fraction of sp³-hybridized carbons (Fsp3) is 0.545. The second-order valence-electron chi connectivity index (χ2n) is 3.96. The molecule has 0 saturated carbocycles. The number of aryl methyl sites for hydroxylation is 1. The molecule has 0 aliphatic carbocycles. The minimum Gasteiger partial charge on any atom is -0.293 e. The summed E-state index contributed by atoms with van der Waals surface area (Å²) in [5.41, 5.74) is 1.15. The maximum Gasteiger partial charge on any atom is 0.175 e. The molecular weight excluding hydrogens is 260 g/mol. The van der Waals surface area contributed by atoms with Crippen molar-refractivity contribution < 1.29 is 4.79 Å². The van der Waals surface area contributed by atoms with Crippen LogP contribution in [0.25, 0.3) is 0 Å². The van der Waals surface area contributed by atoms with Crippen molar-refractivity contribution in [2.24, 2.45) is 11.8 Å². The van der Waals surface area contributed by atoms with Crippen LogP contribution in [0.2, 0.25) is 0 Å². The second-order valence-corrected chi connectivity index (χ2v) is 6.33. The van der Waals surface area contributed by atoms with Gasteiger partial charge in [0.15, 0.2) is 5.78 Å². The van der Waals surface area contributed by atoms with Gasteiger partial charge in [-0.3, -0.25) is 4.79 Å². The number of ketones is 1. The first kappa shape index (κ1) is 11.9. The summed E-state index contributed by atoms with van der Waals surface area (Å²) >= 11 is 4.97. The molecule has 0 aromatic carbocycles. The van der Waals surface area contributed by atoms with E-state index in [-0.39, 0.29) is 11.7 Å². The summed E-state index contributed by atoms with van der Waals surface area (Å²) in [5.74, 6) is 0.780. The van der Waals surface area contributed by atoms with E-state index in [2.05, 4.69) is 29.8 Å². The molecule has 1 heterocycles. The molecule has 0 saturated heterocycles. The molecular formula is C11H15BrOS. The van der Waals surface area contributed by atoms with Gasteiger partial charge in [0, 0.05) is 5.92 Å². The Hall–Kier alpha value is -0.150. The van der Waals surface area contributed by atoms with Gasteiger partial charge in [0.05, 0.1) is 8.66 Å². The van der Waals surface area contributed by atoms with Crippen molar-refractivity contribution in [1.82, 2.24) is 0 Å². The van der Waals surface area contributed by atoms with E-state index in [1.54, 1.807) is 0 Å². The molecule has 0 aliphatic heterocycles. The van der Waals surface area contributed by atoms with Crippen molar-refractivity contribution in [2.45, 2.75) is 27.7 Å². The molecule has 0 N–H and O–H groups in total. The predicted octanol–water partition coefficient (Wildman–Crippen LogP) is 4.29. The molecule has 0 amide bonds. The van der Waals surface area contributed by atoms with Crippen molar-refractivity contribution in [1.29, 1.82) is 0 Å². The smallest absolute Gasteiger partial charge is 0.175 e. The molecule has 1 unspecified atom stereocenters. The molecule has 14 heavy (non-hydrogen) atoms. The number of halogens is 1. The summed E-state index contributed by atoms with van der Waals surface area (Å²) < 4.78 is 1.07. The number of rotatable bonds is 3. The molecule has 1 aromatic heterocycles. The van der Waals surface area contributed by atoms with Gasteiger partial charge in [-0.2, -0.15) is 0 Å². The van der Waals surface area contributed by atoms with Crippen LogP contribution in [-0.2, 0) is 0 Å². The van der Waals surface area contributed by atoms with Crippen LogP contribution in [0.1, 0.15) is 36.0 Å². The molecule has 1 atom stereocenters. The monoisotopic (exact) mass is 274 g/mol. The van der Waals surface area contributed by atoms with Gasteiger partial charge in [-0.05, 0) is 40.4 Å². The quantitative estimate of drug-likeness (QED) is 0.752. The lowest BCUT2D eigenvalue weighted by Crippen LogP contribution is -2.15. The van der Waals surface area contributed by atoms with E-state index in [1.165, 1.54) is 11.3 Å². The van der Waals surface area contributed by atoms with Crippen molar-refractivity contribution in [3.8, 4) is 0 Å². The summed E-state index contributed by atoms with van der Waals surface area (Å²) in [7, 11) is 0. The Kier molecular flexibility index (Phi) is 3.90. The third-order valence-corrected chi connectivity index (χ3v) is 4.66. The lowest BCUT2D eigenvalue weighted by molar-refractivity contribution is 0.0904. The SMILES string of the molecule is Cc1cc(C(=O)C(C)C(C)C)sc1Br. The number of hydrogen-bond donors (Lipinski definition) is 0. The van der Waals surface area contributed by atoms with E-state index in [0.717, 1.165) is 14.2 Å². The third kappa shape index (κ3) is 2.45. The van der Waals surface area contributed by atoms with Gasteiger partial charge in [0.2, 0.25) is 0 Å². The first-order valence-electron chi connectivity index (χ1n) is 4.73. The van der Waals surface area contributed by atoms with Gasteiger partial charge < -0.3 is 0 Å². The Morgan fingerprint density at radius 1 is 1.43 bits per heavy atom. The Bertz CT molecular complexity index is 322. The van der Waals surface area contributed by atoms with Gasteiger partial charge in [-0.15, -0.1) is 11.3 Å². The fourth-order valence-corrected chi connectivity index (χ4v) is 2.68. The van der Waals surface area contributed by atoms with Crippen LogP contribution < -0.4 is 0 Å². The van der Waals surface area contributed by atoms with E-state index in [1.807, 2.05) is 19.9 Å². The zero-order valence-corrected chi connectivity index (χ0v) is 11.3. The molecule has 0 radical (unpaired) electrons. The fourth-order valence-electron chi connectivity index (χ4n) is 1.11. The van der Waals surface area contributed by atoms with Crippen LogP contribution >= 0.6 is 27.3 Å². The molecule has 3 heteroatoms. The van der Waals surface area contributed by atoms with Crippen molar-refractivity contribution >= 4 is 33.0 Å². The molecule has 1 aromatic rings. The van der Waals surface area contributed by atoms with Gasteiger partial charge in [0.25, 0.3) is 0 Å². The van der Waals surface area contributed by atoms with Crippen LogP contribution in [0, 0.1) is 18.8 Å². The first-order valence-corrected chi connectivity index (χ1v) is 6.34. The molecule has 1 nitrogen and oxygen atoms in total. The van der Waals surface area contributed by atoms with E-state index >= 15 is 0 Å². The van der Waals surface area contributed by atoms with E-state index in [4.69, 9.17) is 0 Å². The van der Waals surface area contributed by atoms with E-state index in [0.29, 0.717) is 5.92 Å². The summed E-state index contributed by atoms with van der Waals surface area (Å²) in [6, 6.07) is 1.97. The average molecular weight is 275 g/mol. The number of carbonyl (C=O) groups excluding carboxylic acids is 1. The highest BCUT2D eigenvalue weighted by Crippen LogP contribution is 2.30. The highest BCUT2D eigenvalue weighted by atomic mass is 79.9. The Balaban J connectivity index is 2.90. The Morgan fingerprint density at radius 2 is 2.00 bits per heavy atom. The second kappa shape index (κ2) is 4.58. The lowest BCUT2D eigenvalue weighted by atomic mass is 9.93. The van der Waals surface area contributed by atoms with Gasteiger partial charge >= 0.3 is 0 Å². The van der Waals surface area contributed by atoms with Crippen LogP contribution in [0.3, 0.4) is 0 Å². The summed E-state index contributed by atoms with van der Waals surface area (Å²) in [6.45, 7) is 8.17. The molecule has 0 aliphatic rings. The summed E-state index contributed by atoms with van der Waals surface area (Å²) in [4.78, 5) is 12.8. The molecule has 0 fully saturated rings. The maximum atomic E-state index is 11.9. The van der Waals surface area contributed by atoms with E-state index < -0.39 is 0 Å². The van der Waals surface area contributed by atoms with Gasteiger partial charge in [0.1, 0.15) is 0 Å². The van der Waals surface area contributed by atoms with E-state index in [9.17, 15) is 4.79 Å². The normalized spacial score (nSPS) is 13.3. The van der Waals surface area contributed by atoms with Crippen LogP contribution in [0.5, 0.6) is 0 Å². The van der Waals surface area contributed by atoms with Crippen LogP contribution in [0.15, 0.2) is 9.85 Å². The molecule has 0 spiro atoms. The van der Waals surface area contributed by atoms with Gasteiger partial charge in [-0.25, -0.2) is 0 Å². The molecule has 78 valence electrons. The molecule has 0 bridgehead atoms. The topological polar surface area (TPSA) is 17.1 Å². The largest absolute Gasteiger partial charge is 0.293 e. The summed E-state index contributed by atoms with van der Waals surface area (Å²) in [5, 5.41) is 0. The van der Waals surface area contributed by atoms with Crippen LogP contribution in [-0.4, -0.2) is 5.78 Å². The first-order chi connectivity index (χ1) is 6.43. The Labute approximate surface area is 97.7 Å². The number of thiophene rings is 1. The number of Topliss-reactive ketones (excluding diaryl/α,β-unsaturated/α-hetero) is 1. The lowest BCUT2D eigenvalue weighted by Gasteiger charge is -2.12. The highest BCUT2D eigenvalue weighted by Gasteiger charge is 2.20. The highest BCUT2D eigenvalue weighted by molar-refractivity contribution is 9.11. The van der Waals surface area contributed by atoms with Crippen LogP contribution in [0.4, 0.5) is 0 Å². The minimum absolute atomic E-state index is 0.111. The minimum atomic E-state index is 0.111. The summed E-state index contributed by atoms with van der Waals surface area (Å²) in [6.07, 6.45) is 0. The average Bonchev–Trinajstić information content (AvgIpc) is 2.44. The van der Waals surface area contributed by atoms with Crippen molar-refractivity contribution in [3.63, 3.8) is 0 Å². The molecule has 1 rings (SSSR count). The van der Waals surface area contributed by atoms with Gasteiger partial charge in [-0.1, -0.05) is 20.8 Å². The number of carbonyl (C=O) groups is 1. The zero-order chi connectivity index (χ0) is 10.9. The Morgan fingerprint density at radius 3 is 2.36 bits per heavy atom. The predicted molar refractivity (Wildman–Crippen MR) is 65.1 cm³/mol. The standard InChI is InChI=1S/C11H15BrOS/c1-6(2)8(4)10(13)9-5-7(3)11(12)14-9/h5-6,8H,1-4H3. The van der Waals surface area contributed by atoms with Crippen molar-refractivity contribution in [2.75, 3.05) is 0 Å². The zero-order valence-electron chi connectivity index (χ0n) is 8.93. The van der Waals surface area contributed by atoms with Crippen molar-refractivity contribution in [3.05, 3.63) is 20.3 Å². The maximum absolute atomic E-state index is 11.9. The third-order valence-electron chi connectivity index (χ3n) is 2.51.